The zero-order valence-electron chi connectivity index (χ0n) is 23.2. The third-order valence-corrected chi connectivity index (χ3v) is 7.40. The number of aromatic nitrogens is 5. The summed E-state index contributed by atoms with van der Waals surface area (Å²) in [7, 11) is 0. The summed E-state index contributed by atoms with van der Waals surface area (Å²) in [6.07, 6.45) is 10.2. The molecular formula is C31H28ClF3N6O. The molecule has 1 aliphatic rings. The van der Waals surface area contributed by atoms with E-state index in [9.17, 15) is 9.18 Å². The van der Waals surface area contributed by atoms with E-state index in [1.165, 1.54) is 24.7 Å². The van der Waals surface area contributed by atoms with Crippen LogP contribution in [-0.4, -0.2) is 30.0 Å². The van der Waals surface area contributed by atoms with Gasteiger partial charge in [0.1, 0.15) is 28.7 Å². The normalized spacial score (nSPS) is 15.0. The van der Waals surface area contributed by atoms with Gasteiger partial charge in [-0.25, -0.2) is 22.8 Å². The Morgan fingerprint density at radius 1 is 1.24 bits per heavy atom. The Balaban J connectivity index is 1.52. The molecule has 1 fully saturated rings. The van der Waals surface area contributed by atoms with Crippen LogP contribution in [0, 0.1) is 18.6 Å². The average Bonchev–Trinajstić information content (AvgIpc) is 3.70. The Kier molecular flexibility index (Phi) is 8.54. The molecule has 0 N–H and O–H groups in total. The minimum Gasteiger partial charge on any atom is -0.284 e. The van der Waals surface area contributed by atoms with Gasteiger partial charge in [0.2, 0.25) is 0 Å². The van der Waals surface area contributed by atoms with Crippen LogP contribution in [0.1, 0.15) is 61.0 Å². The van der Waals surface area contributed by atoms with E-state index in [0.29, 0.717) is 29.1 Å². The topological polar surface area (TPSA) is 78.0 Å². The van der Waals surface area contributed by atoms with Crippen molar-refractivity contribution in [3.05, 3.63) is 117 Å². The molecule has 0 amide bonds. The van der Waals surface area contributed by atoms with Crippen LogP contribution in [0.2, 0.25) is 5.02 Å². The summed E-state index contributed by atoms with van der Waals surface area (Å²) in [5.41, 5.74) is 0.699. The van der Waals surface area contributed by atoms with E-state index in [-0.39, 0.29) is 33.8 Å². The number of nitrogens with zero attached hydrogens (tertiary/aromatic N) is 6. The number of allylic oxidation sites excluding steroid dienone is 2. The molecule has 42 heavy (non-hydrogen) atoms. The number of hydrogen-bond donors (Lipinski definition) is 0. The first-order chi connectivity index (χ1) is 20.2. The third kappa shape index (κ3) is 5.99. The average molecular weight is 593 g/mol. The zero-order chi connectivity index (χ0) is 30.0. The minimum absolute atomic E-state index is 0.0963. The summed E-state index contributed by atoms with van der Waals surface area (Å²) in [4.78, 5) is 25.6. The van der Waals surface area contributed by atoms with E-state index >= 15 is 8.78 Å². The molecule has 1 atom stereocenters. The van der Waals surface area contributed by atoms with Gasteiger partial charge in [-0.15, -0.1) is 0 Å². The van der Waals surface area contributed by atoms with Gasteiger partial charge in [-0.2, -0.15) is 5.10 Å². The zero-order valence-corrected chi connectivity index (χ0v) is 24.0. The maximum Gasteiger partial charge on any atom is 0.273 e. The summed E-state index contributed by atoms with van der Waals surface area (Å²) < 4.78 is 48.3. The molecule has 0 bridgehead atoms. The van der Waals surface area contributed by atoms with Crippen molar-refractivity contribution in [2.75, 3.05) is 0 Å². The first-order valence-corrected chi connectivity index (χ1v) is 13.8. The molecular weight excluding hydrogens is 565 g/mol. The first kappa shape index (κ1) is 29.2. The van der Waals surface area contributed by atoms with Crippen LogP contribution in [0.4, 0.5) is 13.2 Å². The highest BCUT2D eigenvalue weighted by Gasteiger charge is 2.29. The molecule has 1 unspecified atom stereocenters. The summed E-state index contributed by atoms with van der Waals surface area (Å²) in [5, 5.41) is 4.13. The summed E-state index contributed by atoms with van der Waals surface area (Å²) in [6, 6.07) is 7.79. The molecule has 5 rings (SSSR count). The number of benzene rings is 1. The lowest BCUT2D eigenvalue weighted by molar-refractivity contribution is 0.612. The van der Waals surface area contributed by atoms with Crippen LogP contribution in [0.5, 0.6) is 0 Å². The lowest BCUT2D eigenvalue weighted by Crippen LogP contribution is -2.22. The van der Waals surface area contributed by atoms with Gasteiger partial charge < -0.3 is 0 Å². The van der Waals surface area contributed by atoms with Crippen molar-refractivity contribution >= 4 is 23.5 Å². The monoisotopic (exact) mass is 592 g/mol. The lowest BCUT2D eigenvalue weighted by Gasteiger charge is -2.17. The standard InChI is InChI=1S/C31H28ClF3N6O/c1-4-10-37-29(23-6-5-7-24(28(23)35)30-38-17-39-41(30)22-8-9-22)26(34)16-40-19(3)12-25(27(32)31(40)42)18(2)11-20-13-21(33)15-36-14-20/h4-7,10,12-18,22H,8-9,11H2,1-3H3/b10-4+,26-16-,37-29+. The summed E-state index contributed by atoms with van der Waals surface area (Å²) in [5.74, 6) is -2.01. The molecule has 1 aliphatic carbocycles. The fraction of sp³-hybridized carbons (Fsp3) is 0.258. The highest BCUT2D eigenvalue weighted by atomic mass is 35.5. The number of halogens is 4. The molecule has 1 aromatic carbocycles. The van der Waals surface area contributed by atoms with E-state index in [1.54, 1.807) is 49.0 Å². The van der Waals surface area contributed by atoms with E-state index < -0.39 is 23.0 Å². The van der Waals surface area contributed by atoms with Crippen LogP contribution in [0.3, 0.4) is 0 Å². The Labute approximate surface area is 245 Å². The molecule has 11 heteroatoms. The molecule has 216 valence electrons. The minimum atomic E-state index is -0.944. The van der Waals surface area contributed by atoms with Crippen molar-refractivity contribution in [1.82, 2.24) is 24.3 Å². The molecule has 1 saturated carbocycles. The van der Waals surface area contributed by atoms with Crippen molar-refractivity contribution in [2.45, 2.75) is 52.0 Å². The lowest BCUT2D eigenvalue weighted by atomic mass is 9.94. The highest BCUT2D eigenvalue weighted by molar-refractivity contribution is 6.31. The van der Waals surface area contributed by atoms with Gasteiger partial charge in [0.25, 0.3) is 5.56 Å². The van der Waals surface area contributed by atoms with Gasteiger partial charge in [0.15, 0.2) is 11.7 Å². The van der Waals surface area contributed by atoms with Crippen LogP contribution in [0.25, 0.3) is 17.6 Å². The van der Waals surface area contributed by atoms with Gasteiger partial charge in [-0.3, -0.25) is 19.3 Å². The van der Waals surface area contributed by atoms with Gasteiger partial charge in [-0.05, 0) is 74.4 Å². The quantitative estimate of drug-likeness (QED) is 0.192. The largest absolute Gasteiger partial charge is 0.284 e. The fourth-order valence-electron chi connectivity index (χ4n) is 4.80. The van der Waals surface area contributed by atoms with E-state index in [4.69, 9.17) is 11.6 Å². The Morgan fingerprint density at radius 2 is 2.02 bits per heavy atom. The molecule has 7 nitrogen and oxygen atoms in total. The number of hydrogen-bond acceptors (Lipinski definition) is 5. The van der Waals surface area contributed by atoms with E-state index in [2.05, 4.69) is 20.1 Å². The van der Waals surface area contributed by atoms with Crippen LogP contribution >= 0.6 is 11.6 Å². The molecule has 3 heterocycles. The Bertz CT molecular complexity index is 1790. The van der Waals surface area contributed by atoms with E-state index in [1.807, 2.05) is 6.92 Å². The summed E-state index contributed by atoms with van der Waals surface area (Å²) in [6.45, 7) is 5.19. The predicted molar refractivity (Wildman–Crippen MR) is 157 cm³/mol. The molecule has 0 radical (unpaired) electrons. The number of rotatable bonds is 9. The Hall–Kier alpha value is -4.31. The second kappa shape index (κ2) is 12.3. The van der Waals surface area contributed by atoms with E-state index in [0.717, 1.165) is 29.8 Å². The SMILES string of the molecule is C/C=C/N=C(/C(F)=C/n1c(C)cc(C(C)Cc2cncc(F)c2)c(Cl)c1=O)c1cccc(-c2ncnn2C2CC2)c1F. The van der Waals surface area contributed by atoms with Crippen molar-refractivity contribution < 1.29 is 13.2 Å². The smallest absolute Gasteiger partial charge is 0.273 e. The highest BCUT2D eigenvalue weighted by Crippen LogP contribution is 2.38. The molecule has 0 aliphatic heterocycles. The van der Waals surface area contributed by atoms with Crippen molar-refractivity contribution in [3.63, 3.8) is 0 Å². The molecule has 0 spiro atoms. The van der Waals surface area contributed by atoms with Crippen molar-refractivity contribution in [3.8, 4) is 11.4 Å². The Morgan fingerprint density at radius 3 is 2.74 bits per heavy atom. The molecule has 0 saturated heterocycles. The van der Waals surface area contributed by atoms with Crippen LogP contribution in [-0.2, 0) is 6.42 Å². The van der Waals surface area contributed by atoms with Crippen LogP contribution in [0.15, 0.2) is 76.9 Å². The van der Waals surface area contributed by atoms with Crippen molar-refractivity contribution in [1.29, 1.82) is 0 Å². The number of aliphatic imine (C=N–C) groups is 1. The van der Waals surface area contributed by atoms with Gasteiger partial charge in [0, 0.05) is 23.7 Å². The third-order valence-electron chi connectivity index (χ3n) is 7.02. The van der Waals surface area contributed by atoms with Crippen molar-refractivity contribution in [2.24, 2.45) is 4.99 Å². The van der Waals surface area contributed by atoms with Gasteiger partial charge in [-0.1, -0.05) is 30.7 Å². The van der Waals surface area contributed by atoms with Gasteiger partial charge >= 0.3 is 0 Å². The van der Waals surface area contributed by atoms with Crippen LogP contribution < -0.4 is 5.56 Å². The predicted octanol–water partition coefficient (Wildman–Crippen LogP) is 7.21. The first-order valence-electron chi connectivity index (χ1n) is 13.5. The number of aryl methyl sites for hydroxylation is 1. The molecule has 4 aromatic rings. The maximum absolute atomic E-state index is 16.0. The summed E-state index contributed by atoms with van der Waals surface area (Å²) >= 11 is 6.48. The second-order valence-electron chi connectivity index (χ2n) is 10.2. The molecule has 3 aromatic heterocycles. The van der Waals surface area contributed by atoms with Gasteiger partial charge in [0.05, 0.1) is 24.0 Å². The maximum atomic E-state index is 16.0. The fourth-order valence-corrected chi connectivity index (χ4v) is 5.13. The second-order valence-corrected chi connectivity index (χ2v) is 10.6. The number of pyridine rings is 2.